The molecule has 0 aliphatic carbocycles. The van der Waals surface area contributed by atoms with E-state index in [0.717, 1.165) is 12.1 Å². The molecule has 1 unspecified atom stereocenters. The first-order valence-electron chi connectivity index (χ1n) is 5.85. The van der Waals surface area contributed by atoms with Crippen molar-refractivity contribution >= 4 is 17.3 Å². The van der Waals surface area contributed by atoms with Crippen LogP contribution < -0.4 is 10.1 Å². The van der Waals surface area contributed by atoms with Gasteiger partial charge in [0.15, 0.2) is 11.6 Å². The molecule has 0 radical (unpaired) electrons. The first-order chi connectivity index (χ1) is 9.40. The summed E-state index contributed by atoms with van der Waals surface area (Å²) in [5.74, 6) is -1.58. The molecule has 110 valence electrons. The van der Waals surface area contributed by atoms with Crippen molar-refractivity contribution in [1.82, 2.24) is 0 Å². The summed E-state index contributed by atoms with van der Waals surface area (Å²) < 4.78 is 23.0. The zero-order chi connectivity index (χ0) is 15.3. The number of nitro benzene ring substituents is 1. The number of carbonyl (C=O) groups excluding carboxylic acids is 1. The Morgan fingerprint density at radius 3 is 2.70 bits per heavy atom. The number of hydrogen-bond acceptors (Lipinski definition) is 6. The van der Waals surface area contributed by atoms with Crippen LogP contribution in [0.1, 0.15) is 13.8 Å². The third-order valence-electron chi connectivity index (χ3n) is 2.48. The second-order valence-electron chi connectivity index (χ2n) is 3.88. The highest BCUT2D eigenvalue weighted by Gasteiger charge is 2.23. The highest BCUT2D eigenvalue weighted by atomic mass is 19.1. The van der Waals surface area contributed by atoms with Crippen LogP contribution in [0.2, 0.25) is 0 Å². The summed E-state index contributed by atoms with van der Waals surface area (Å²) in [7, 11) is 1.24. The number of esters is 1. The van der Waals surface area contributed by atoms with Gasteiger partial charge < -0.3 is 14.8 Å². The summed E-state index contributed by atoms with van der Waals surface area (Å²) >= 11 is 0. The van der Waals surface area contributed by atoms with E-state index >= 15 is 0 Å². The lowest BCUT2D eigenvalue weighted by Gasteiger charge is -2.14. The van der Waals surface area contributed by atoms with Crippen LogP contribution >= 0.6 is 0 Å². The predicted octanol–water partition coefficient (Wildman–Crippen LogP) is 2.11. The average molecular weight is 286 g/mol. The largest absolute Gasteiger partial charge is 0.494 e. The number of carbonyl (C=O) groups is 1. The number of nitro groups is 1. The molecular formula is C12H15FN2O5. The number of rotatable bonds is 6. The van der Waals surface area contributed by atoms with Gasteiger partial charge >= 0.3 is 5.97 Å². The van der Waals surface area contributed by atoms with Gasteiger partial charge in [0.05, 0.1) is 24.7 Å². The van der Waals surface area contributed by atoms with Gasteiger partial charge in [-0.3, -0.25) is 10.1 Å². The van der Waals surface area contributed by atoms with Crippen molar-refractivity contribution in [3.63, 3.8) is 0 Å². The van der Waals surface area contributed by atoms with Crippen LogP contribution in [0.3, 0.4) is 0 Å². The molecule has 8 heteroatoms. The second kappa shape index (κ2) is 6.69. The molecule has 0 fully saturated rings. The fourth-order valence-corrected chi connectivity index (χ4v) is 1.53. The van der Waals surface area contributed by atoms with Gasteiger partial charge in [0.1, 0.15) is 11.7 Å². The molecule has 0 aromatic heterocycles. The van der Waals surface area contributed by atoms with Gasteiger partial charge in [-0.05, 0) is 13.8 Å². The Hall–Kier alpha value is -2.38. The van der Waals surface area contributed by atoms with Crippen LogP contribution in [0.15, 0.2) is 12.1 Å². The van der Waals surface area contributed by atoms with E-state index in [-0.39, 0.29) is 18.0 Å². The van der Waals surface area contributed by atoms with Crippen LogP contribution in [-0.2, 0) is 9.53 Å². The van der Waals surface area contributed by atoms with Crippen molar-refractivity contribution in [1.29, 1.82) is 0 Å². The molecule has 1 rings (SSSR count). The quantitative estimate of drug-likeness (QED) is 0.489. The fraction of sp³-hybridized carbons (Fsp3) is 0.417. The number of anilines is 1. The standard InChI is InChI=1S/C12H15FN2O5/c1-4-20-12(16)7(2)14-9-6-11(19-3)8(13)5-10(9)15(17)18/h5-7,14H,4H2,1-3H3. The molecule has 0 aliphatic heterocycles. The third-order valence-corrected chi connectivity index (χ3v) is 2.48. The maximum atomic E-state index is 13.5. The van der Waals surface area contributed by atoms with Crippen molar-refractivity contribution in [2.24, 2.45) is 0 Å². The molecule has 20 heavy (non-hydrogen) atoms. The first kappa shape index (κ1) is 15.7. The summed E-state index contributed by atoms with van der Waals surface area (Å²) in [5, 5.41) is 13.5. The number of nitrogens with zero attached hydrogens (tertiary/aromatic N) is 1. The zero-order valence-electron chi connectivity index (χ0n) is 11.3. The summed E-state index contributed by atoms with van der Waals surface area (Å²) in [6.07, 6.45) is 0. The Morgan fingerprint density at radius 2 is 2.20 bits per heavy atom. The maximum absolute atomic E-state index is 13.5. The topological polar surface area (TPSA) is 90.7 Å². The molecule has 1 N–H and O–H groups in total. The van der Waals surface area contributed by atoms with Crippen molar-refractivity contribution in [3.8, 4) is 5.75 Å². The Bertz CT molecular complexity index is 521. The minimum Gasteiger partial charge on any atom is -0.494 e. The van der Waals surface area contributed by atoms with Gasteiger partial charge in [-0.2, -0.15) is 0 Å². The SMILES string of the molecule is CCOC(=O)C(C)Nc1cc(OC)c(F)cc1[N+](=O)[O-]. The number of methoxy groups -OCH3 is 1. The number of hydrogen-bond donors (Lipinski definition) is 1. The predicted molar refractivity (Wildman–Crippen MR) is 69.3 cm³/mol. The first-order valence-corrected chi connectivity index (χ1v) is 5.85. The summed E-state index contributed by atoms with van der Waals surface area (Å²) in [6, 6.07) is 1.05. The van der Waals surface area contributed by atoms with Gasteiger partial charge in [0.2, 0.25) is 0 Å². The third kappa shape index (κ3) is 3.56. The van der Waals surface area contributed by atoms with E-state index < -0.39 is 28.4 Å². The Morgan fingerprint density at radius 1 is 1.55 bits per heavy atom. The van der Waals surface area contributed by atoms with E-state index in [1.165, 1.54) is 14.0 Å². The Labute approximate surface area is 114 Å². The molecule has 1 aromatic rings. The maximum Gasteiger partial charge on any atom is 0.328 e. The number of ether oxygens (including phenoxy) is 2. The van der Waals surface area contributed by atoms with Gasteiger partial charge in [-0.25, -0.2) is 9.18 Å². The summed E-state index contributed by atoms with van der Waals surface area (Å²) in [6.45, 7) is 3.32. The van der Waals surface area contributed by atoms with Crippen molar-refractivity contribution in [3.05, 3.63) is 28.1 Å². The molecule has 0 heterocycles. The fourth-order valence-electron chi connectivity index (χ4n) is 1.53. The summed E-state index contributed by atoms with van der Waals surface area (Å²) in [5.41, 5.74) is -0.506. The lowest BCUT2D eigenvalue weighted by Crippen LogP contribution is -2.28. The van der Waals surface area contributed by atoms with Crippen LogP contribution in [0.25, 0.3) is 0 Å². The van der Waals surface area contributed by atoms with Crippen molar-refractivity contribution < 1.29 is 23.6 Å². The van der Waals surface area contributed by atoms with Crippen LogP contribution in [0.5, 0.6) is 5.75 Å². The average Bonchev–Trinajstić information content (AvgIpc) is 2.40. The number of nitrogens with one attached hydrogen (secondary N) is 1. The Kier molecular flexibility index (Phi) is 5.24. The van der Waals surface area contributed by atoms with E-state index in [2.05, 4.69) is 5.32 Å². The molecule has 0 bridgehead atoms. The van der Waals surface area contributed by atoms with Gasteiger partial charge in [0, 0.05) is 6.07 Å². The molecule has 0 saturated carbocycles. The van der Waals surface area contributed by atoms with Gasteiger partial charge in [-0.15, -0.1) is 0 Å². The van der Waals surface area contributed by atoms with Gasteiger partial charge in [0.25, 0.3) is 5.69 Å². The molecule has 1 aromatic carbocycles. The van der Waals surface area contributed by atoms with Crippen LogP contribution in [-0.4, -0.2) is 30.7 Å². The number of halogens is 1. The van der Waals surface area contributed by atoms with Crippen LogP contribution in [0.4, 0.5) is 15.8 Å². The minimum absolute atomic E-state index is 0.0196. The summed E-state index contributed by atoms with van der Waals surface area (Å²) in [4.78, 5) is 21.6. The zero-order valence-corrected chi connectivity index (χ0v) is 11.3. The van der Waals surface area contributed by atoms with E-state index in [1.54, 1.807) is 6.92 Å². The smallest absolute Gasteiger partial charge is 0.328 e. The van der Waals surface area contributed by atoms with Gasteiger partial charge in [-0.1, -0.05) is 0 Å². The monoisotopic (exact) mass is 286 g/mol. The normalized spacial score (nSPS) is 11.6. The van der Waals surface area contributed by atoms with E-state index in [1.807, 2.05) is 0 Å². The van der Waals surface area contributed by atoms with E-state index in [0.29, 0.717) is 0 Å². The molecular weight excluding hydrogens is 271 g/mol. The Balaban J connectivity index is 3.09. The molecule has 7 nitrogen and oxygen atoms in total. The highest BCUT2D eigenvalue weighted by molar-refractivity contribution is 5.80. The molecule has 0 amide bonds. The minimum atomic E-state index is -0.853. The van der Waals surface area contributed by atoms with Crippen molar-refractivity contribution in [2.75, 3.05) is 19.0 Å². The van der Waals surface area contributed by atoms with E-state index in [9.17, 15) is 19.3 Å². The second-order valence-corrected chi connectivity index (χ2v) is 3.88. The lowest BCUT2D eigenvalue weighted by molar-refractivity contribution is -0.384. The number of benzene rings is 1. The molecule has 0 spiro atoms. The molecule has 0 aliphatic rings. The highest BCUT2D eigenvalue weighted by Crippen LogP contribution is 2.32. The lowest BCUT2D eigenvalue weighted by atomic mass is 10.2. The van der Waals surface area contributed by atoms with Crippen LogP contribution in [0, 0.1) is 15.9 Å². The van der Waals surface area contributed by atoms with Crippen molar-refractivity contribution in [2.45, 2.75) is 19.9 Å². The molecule has 0 saturated heterocycles. The molecule has 1 atom stereocenters. The van der Waals surface area contributed by atoms with E-state index in [4.69, 9.17) is 9.47 Å².